The van der Waals surface area contributed by atoms with Gasteiger partial charge in [-0.05, 0) is 55.1 Å². The van der Waals surface area contributed by atoms with Crippen molar-refractivity contribution in [3.63, 3.8) is 0 Å². The second kappa shape index (κ2) is 7.53. The summed E-state index contributed by atoms with van der Waals surface area (Å²) in [6.07, 6.45) is 5.46. The first kappa shape index (κ1) is 15.9. The van der Waals surface area contributed by atoms with Gasteiger partial charge in [-0.15, -0.1) is 0 Å². The SMILES string of the molecule is CCCNC(Cc1ccc(Cl)c(F)c1)c1cncc(C)c1. The number of nitrogens with zero attached hydrogens (tertiary/aromatic N) is 1. The Bertz CT molecular complexity index is 601. The van der Waals surface area contributed by atoms with E-state index in [0.717, 1.165) is 29.7 Å². The summed E-state index contributed by atoms with van der Waals surface area (Å²) >= 11 is 5.74. The molecule has 0 spiro atoms. The average Bonchev–Trinajstić information content (AvgIpc) is 2.47. The van der Waals surface area contributed by atoms with Crippen LogP contribution in [0.2, 0.25) is 5.02 Å². The summed E-state index contributed by atoms with van der Waals surface area (Å²) < 4.78 is 13.6. The van der Waals surface area contributed by atoms with Gasteiger partial charge >= 0.3 is 0 Å². The molecular formula is C17H20ClFN2. The van der Waals surface area contributed by atoms with Crippen LogP contribution in [0.4, 0.5) is 4.39 Å². The molecule has 112 valence electrons. The first-order valence-corrected chi connectivity index (χ1v) is 7.56. The normalized spacial score (nSPS) is 12.4. The lowest BCUT2D eigenvalue weighted by atomic mass is 9.99. The number of hydrogen-bond donors (Lipinski definition) is 1. The van der Waals surface area contributed by atoms with Gasteiger partial charge in [0.2, 0.25) is 0 Å². The summed E-state index contributed by atoms with van der Waals surface area (Å²) in [4.78, 5) is 4.25. The zero-order valence-corrected chi connectivity index (χ0v) is 13.1. The molecule has 21 heavy (non-hydrogen) atoms. The molecule has 2 nitrogen and oxygen atoms in total. The molecule has 1 atom stereocenters. The van der Waals surface area contributed by atoms with Crippen molar-refractivity contribution in [3.8, 4) is 0 Å². The third-order valence-electron chi connectivity index (χ3n) is 3.36. The third kappa shape index (κ3) is 4.51. The zero-order valence-electron chi connectivity index (χ0n) is 12.4. The maximum atomic E-state index is 13.6. The summed E-state index contributed by atoms with van der Waals surface area (Å²) in [6.45, 7) is 5.06. The van der Waals surface area contributed by atoms with Gasteiger partial charge in [-0.25, -0.2) is 4.39 Å². The van der Waals surface area contributed by atoms with Crippen LogP contribution < -0.4 is 5.32 Å². The van der Waals surface area contributed by atoms with E-state index in [1.54, 1.807) is 6.07 Å². The van der Waals surface area contributed by atoms with Crippen LogP contribution in [0.5, 0.6) is 0 Å². The molecule has 0 aliphatic heterocycles. The highest BCUT2D eigenvalue weighted by Crippen LogP contribution is 2.22. The van der Waals surface area contributed by atoms with Gasteiger partial charge in [0.25, 0.3) is 0 Å². The fourth-order valence-electron chi connectivity index (χ4n) is 2.30. The predicted octanol–water partition coefficient (Wildman–Crippen LogP) is 4.47. The number of pyridine rings is 1. The molecule has 2 aromatic rings. The Kier molecular flexibility index (Phi) is 5.71. The molecule has 1 heterocycles. The number of aryl methyl sites for hydroxylation is 1. The molecule has 0 aliphatic rings. The molecule has 0 amide bonds. The van der Waals surface area contributed by atoms with Crippen molar-refractivity contribution in [1.29, 1.82) is 0 Å². The van der Waals surface area contributed by atoms with Crippen LogP contribution in [0.15, 0.2) is 36.7 Å². The molecule has 0 aliphatic carbocycles. The second-order valence-corrected chi connectivity index (χ2v) is 5.66. The predicted molar refractivity (Wildman–Crippen MR) is 85.1 cm³/mol. The molecule has 0 saturated carbocycles. The second-order valence-electron chi connectivity index (χ2n) is 5.25. The van der Waals surface area contributed by atoms with Crippen molar-refractivity contribution in [1.82, 2.24) is 10.3 Å². The molecule has 0 saturated heterocycles. The molecule has 0 bridgehead atoms. The minimum atomic E-state index is -0.370. The summed E-state index contributed by atoms with van der Waals surface area (Å²) in [5.41, 5.74) is 3.17. The van der Waals surface area contributed by atoms with E-state index in [9.17, 15) is 4.39 Å². The Morgan fingerprint density at radius 3 is 2.76 bits per heavy atom. The highest BCUT2D eigenvalue weighted by Gasteiger charge is 2.13. The largest absolute Gasteiger partial charge is 0.310 e. The Hall–Kier alpha value is -1.45. The molecule has 2 rings (SSSR count). The summed E-state index contributed by atoms with van der Waals surface area (Å²) in [5.74, 6) is -0.370. The average molecular weight is 307 g/mol. The van der Waals surface area contributed by atoms with E-state index in [0.29, 0.717) is 6.42 Å². The van der Waals surface area contributed by atoms with E-state index in [1.807, 2.05) is 25.4 Å². The van der Waals surface area contributed by atoms with Crippen molar-refractivity contribution in [3.05, 3.63) is 64.2 Å². The topological polar surface area (TPSA) is 24.9 Å². The van der Waals surface area contributed by atoms with Crippen molar-refractivity contribution < 1.29 is 4.39 Å². The van der Waals surface area contributed by atoms with Crippen LogP contribution in [0.1, 0.15) is 36.1 Å². The Balaban J connectivity index is 2.21. The number of nitrogens with one attached hydrogen (secondary N) is 1. The number of benzene rings is 1. The lowest BCUT2D eigenvalue weighted by molar-refractivity contribution is 0.525. The monoisotopic (exact) mass is 306 g/mol. The van der Waals surface area contributed by atoms with E-state index >= 15 is 0 Å². The van der Waals surface area contributed by atoms with E-state index in [-0.39, 0.29) is 16.9 Å². The zero-order chi connectivity index (χ0) is 15.2. The first-order valence-electron chi connectivity index (χ1n) is 7.19. The Morgan fingerprint density at radius 2 is 2.10 bits per heavy atom. The number of halogens is 2. The molecule has 1 N–H and O–H groups in total. The van der Waals surface area contributed by atoms with Gasteiger partial charge in [0, 0.05) is 18.4 Å². The van der Waals surface area contributed by atoms with Gasteiger partial charge in [-0.3, -0.25) is 4.98 Å². The molecule has 0 fully saturated rings. The minimum Gasteiger partial charge on any atom is -0.310 e. The highest BCUT2D eigenvalue weighted by molar-refractivity contribution is 6.30. The van der Waals surface area contributed by atoms with Crippen molar-refractivity contribution in [2.75, 3.05) is 6.54 Å². The van der Waals surface area contributed by atoms with Crippen LogP contribution in [0, 0.1) is 12.7 Å². The highest BCUT2D eigenvalue weighted by atomic mass is 35.5. The number of rotatable bonds is 6. The molecule has 4 heteroatoms. The van der Waals surface area contributed by atoms with Crippen LogP contribution in [-0.4, -0.2) is 11.5 Å². The smallest absolute Gasteiger partial charge is 0.142 e. The van der Waals surface area contributed by atoms with E-state index in [4.69, 9.17) is 11.6 Å². The minimum absolute atomic E-state index is 0.123. The summed E-state index contributed by atoms with van der Waals surface area (Å²) in [6, 6.07) is 7.23. The van der Waals surface area contributed by atoms with Crippen molar-refractivity contribution >= 4 is 11.6 Å². The molecule has 1 aromatic heterocycles. The molecular weight excluding hydrogens is 287 g/mol. The summed E-state index contributed by atoms with van der Waals surface area (Å²) in [7, 11) is 0. The van der Waals surface area contributed by atoms with Crippen molar-refractivity contribution in [2.24, 2.45) is 0 Å². The quantitative estimate of drug-likeness (QED) is 0.852. The van der Waals surface area contributed by atoms with E-state index in [1.165, 1.54) is 6.07 Å². The summed E-state index contributed by atoms with van der Waals surface area (Å²) in [5, 5.41) is 3.66. The first-order chi connectivity index (χ1) is 10.1. The van der Waals surface area contributed by atoms with Crippen LogP contribution in [-0.2, 0) is 6.42 Å². The maximum Gasteiger partial charge on any atom is 0.142 e. The van der Waals surface area contributed by atoms with Crippen LogP contribution in [0.3, 0.4) is 0 Å². The maximum absolute atomic E-state index is 13.6. The molecule has 1 unspecified atom stereocenters. The molecule has 1 aromatic carbocycles. The molecule has 0 radical (unpaired) electrons. The Morgan fingerprint density at radius 1 is 1.29 bits per heavy atom. The number of aromatic nitrogens is 1. The van der Waals surface area contributed by atoms with Gasteiger partial charge in [0.15, 0.2) is 0 Å². The van der Waals surface area contributed by atoms with Crippen LogP contribution in [0.25, 0.3) is 0 Å². The van der Waals surface area contributed by atoms with Crippen LogP contribution >= 0.6 is 11.6 Å². The lowest BCUT2D eigenvalue weighted by Crippen LogP contribution is -2.24. The lowest BCUT2D eigenvalue weighted by Gasteiger charge is -2.19. The standard InChI is InChI=1S/C17H20ClFN2/c1-3-6-21-17(14-7-12(2)10-20-11-14)9-13-4-5-15(18)16(19)8-13/h4-5,7-8,10-11,17,21H,3,6,9H2,1-2H3. The fourth-order valence-corrected chi connectivity index (χ4v) is 2.42. The third-order valence-corrected chi connectivity index (χ3v) is 3.67. The van der Waals surface area contributed by atoms with E-state index in [2.05, 4.69) is 23.3 Å². The van der Waals surface area contributed by atoms with Gasteiger partial charge < -0.3 is 5.32 Å². The van der Waals surface area contributed by atoms with Gasteiger partial charge in [-0.2, -0.15) is 0 Å². The number of hydrogen-bond acceptors (Lipinski definition) is 2. The van der Waals surface area contributed by atoms with Gasteiger partial charge in [0.1, 0.15) is 5.82 Å². The Labute approximate surface area is 130 Å². The van der Waals surface area contributed by atoms with Gasteiger partial charge in [-0.1, -0.05) is 30.7 Å². The van der Waals surface area contributed by atoms with Gasteiger partial charge in [0.05, 0.1) is 5.02 Å². The fraction of sp³-hybridized carbons (Fsp3) is 0.353. The van der Waals surface area contributed by atoms with Crippen molar-refractivity contribution in [2.45, 2.75) is 32.7 Å². The van der Waals surface area contributed by atoms with E-state index < -0.39 is 0 Å².